The van der Waals surface area contributed by atoms with Gasteiger partial charge in [0.1, 0.15) is 23.7 Å². The number of Topliss-reactive ketones (excluding diaryl/α,β-unsaturated/α-hetero) is 2. The number of carbonyl (C=O) groups is 6. The third kappa shape index (κ3) is 2.69. The number of carbonyl (C=O) groups excluding carboxylic acids is 6. The highest BCUT2D eigenvalue weighted by molar-refractivity contribution is 6.20. The molecule has 0 radical (unpaired) electrons. The van der Waals surface area contributed by atoms with Crippen molar-refractivity contribution >= 4 is 35.4 Å². The Morgan fingerprint density at radius 1 is 0.581 bits per heavy atom. The summed E-state index contributed by atoms with van der Waals surface area (Å²) in [6, 6.07) is 0. The molecule has 0 N–H and O–H groups in total. The zero-order chi connectivity index (χ0) is 23.1. The van der Waals surface area contributed by atoms with Crippen LogP contribution in [-0.2, 0) is 47.7 Å². The number of esters is 4. The van der Waals surface area contributed by atoms with Crippen molar-refractivity contribution in [1.82, 2.24) is 0 Å². The first kappa shape index (κ1) is 22.9. The Bertz CT molecular complexity index is 723. The van der Waals surface area contributed by atoms with E-state index in [0.29, 0.717) is 19.3 Å². The van der Waals surface area contributed by atoms with Crippen molar-refractivity contribution in [3.63, 3.8) is 0 Å². The van der Waals surface area contributed by atoms with Gasteiger partial charge in [-0.25, -0.2) is 0 Å². The lowest BCUT2D eigenvalue weighted by Gasteiger charge is -2.45. The van der Waals surface area contributed by atoms with Crippen LogP contribution >= 0.6 is 0 Å². The van der Waals surface area contributed by atoms with Crippen molar-refractivity contribution < 1.29 is 47.7 Å². The Balaban J connectivity index is 2.47. The van der Waals surface area contributed by atoms with Gasteiger partial charge in [0, 0.05) is 10.8 Å². The van der Waals surface area contributed by atoms with Gasteiger partial charge in [-0.2, -0.15) is 0 Å². The van der Waals surface area contributed by atoms with E-state index in [-0.39, 0.29) is 12.8 Å². The molecule has 3 aliphatic rings. The molecule has 10 nitrogen and oxygen atoms in total. The predicted molar refractivity (Wildman–Crippen MR) is 100.0 cm³/mol. The Morgan fingerprint density at radius 3 is 1.06 bits per heavy atom. The number of methoxy groups -OCH3 is 4. The van der Waals surface area contributed by atoms with Crippen molar-refractivity contribution in [2.24, 2.45) is 34.5 Å². The zero-order valence-corrected chi connectivity index (χ0v) is 17.9. The molecule has 0 amide bonds. The van der Waals surface area contributed by atoms with E-state index in [0.717, 1.165) is 28.4 Å². The van der Waals surface area contributed by atoms with E-state index >= 15 is 0 Å². The minimum absolute atomic E-state index is 0.0883. The fourth-order valence-corrected chi connectivity index (χ4v) is 6.59. The number of ether oxygens (including phenoxy) is 4. The summed E-state index contributed by atoms with van der Waals surface area (Å²) in [5.41, 5.74) is -3.31. The lowest BCUT2D eigenvalue weighted by atomic mass is 9.54. The maximum absolute atomic E-state index is 13.6. The average molecular weight is 438 g/mol. The molecule has 3 fully saturated rings. The molecule has 0 heterocycles. The molecule has 3 rings (SSSR count). The van der Waals surface area contributed by atoms with Gasteiger partial charge in [-0.1, -0.05) is 19.3 Å². The first-order chi connectivity index (χ1) is 14.7. The molecule has 3 saturated carbocycles. The highest BCUT2D eigenvalue weighted by atomic mass is 16.5. The molecule has 0 spiro atoms. The van der Waals surface area contributed by atoms with Crippen LogP contribution in [0, 0.1) is 34.5 Å². The van der Waals surface area contributed by atoms with Crippen molar-refractivity contribution in [3.05, 3.63) is 0 Å². The van der Waals surface area contributed by atoms with Crippen LogP contribution in [0.15, 0.2) is 0 Å². The summed E-state index contributed by atoms with van der Waals surface area (Å²) in [5, 5.41) is 0. The maximum Gasteiger partial charge on any atom is 0.316 e. The fraction of sp³-hybridized carbons (Fsp3) is 0.714. The second kappa shape index (κ2) is 8.05. The van der Waals surface area contributed by atoms with Gasteiger partial charge in [0.25, 0.3) is 0 Å². The molecule has 31 heavy (non-hydrogen) atoms. The molecule has 0 aliphatic heterocycles. The summed E-state index contributed by atoms with van der Waals surface area (Å²) in [4.78, 5) is 78.8. The topological polar surface area (TPSA) is 139 Å². The summed E-state index contributed by atoms with van der Waals surface area (Å²) < 4.78 is 19.5. The minimum atomic E-state index is -1.66. The van der Waals surface area contributed by atoms with Crippen LogP contribution in [0.2, 0.25) is 0 Å². The van der Waals surface area contributed by atoms with E-state index in [2.05, 4.69) is 0 Å². The molecule has 170 valence electrons. The van der Waals surface area contributed by atoms with Gasteiger partial charge in [0.15, 0.2) is 11.6 Å². The van der Waals surface area contributed by atoms with Crippen LogP contribution in [0.3, 0.4) is 0 Å². The Labute approximate surface area is 178 Å². The van der Waals surface area contributed by atoms with Gasteiger partial charge < -0.3 is 18.9 Å². The molecule has 0 aromatic heterocycles. The molecule has 0 aromatic rings. The summed E-state index contributed by atoms with van der Waals surface area (Å²) in [6.07, 6.45) is 1.79. The normalized spacial score (nSPS) is 36.6. The van der Waals surface area contributed by atoms with Gasteiger partial charge in [0.2, 0.25) is 0 Å². The highest BCUT2D eigenvalue weighted by Crippen LogP contribution is 2.74. The van der Waals surface area contributed by atoms with E-state index in [1.165, 1.54) is 0 Å². The molecule has 10 heteroatoms. The molecule has 3 aliphatic carbocycles. The first-order valence-electron chi connectivity index (χ1n) is 10.1. The van der Waals surface area contributed by atoms with Gasteiger partial charge in [-0.3, -0.25) is 28.8 Å². The zero-order valence-electron chi connectivity index (χ0n) is 17.9. The van der Waals surface area contributed by atoms with E-state index in [4.69, 9.17) is 18.9 Å². The smallest absolute Gasteiger partial charge is 0.316 e. The summed E-state index contributed by atoms with van der Waals surface area (Å²) in [7, 11) is 4.32. The number of rotatable bonds is 4. The third-order valence-electron chi connectivity index (χ3n) is 7.49. The number of ketones is 2. The second-order valence-corrected chi connectivity index (χ2v) is 8.27. The second-order valence-electron chi connectivity index (χ2n) is 8.27. The molecular weight excluding hydrogens is 412 g/mol. The number of hydrogen-bond donors (Lipinski definition) is 0. The lowest BCUT2D eigenvalue weighted by molar-refractivity contribution is -0.169. The first-order valence-corrected chi connectivity index (χ1v) is 10.1. The SMILES string of the molecule is COC(=O)C1C(=O)C(C(=O)OC)C23CCCCCC12C(C(=O)OC)C(=O)C3C(=O)OC. The van der Waals surface area contributed by atoms with Crippen molar-refractivity contribution in [2.45, 2.75) is 32.1 Å². The molecule has 0 aromatic carbocycles. The molecule has 0 bridgehead atoms. The van der Waals surface area contributed by atoms with E-state index < -0.39 is 69.9 Å². The quantitative estimate of drug-likeness (QED) is 0.341. The fourth-order valence-electron chi connectivity index (χ4n) is 6.59. The predicted octanol–water partition coefficient (Wildman–Crippen LogP) is 0.246. The molecule has 4 unspecified atom stereocenters. The highest BCUT2D eigenvalue weighted by Gasteiger charge is 2.85. The van der Waals surface area contributed by atoms with Crippen LogP contribution in [-0.4, -0.2) is 63.9 Å². The van der Waals surface area contributed by atoms with Gasteiger partial charge in [0.05, 0.1) is 28.4 Å². The monoisotopic (exact) mass is 438 g/mol. The van der Waals surface area contributed by atoms with Crippen molar-refractivity contribution in [3.8, 4) is 0 Å². The molecular formula is C21H26O10. The standard InChI is InChI=1S/C21H26O10/c1-28-16(24)10-14(22)11(17(25)29-2)21-9-7-5-6-8-20(10,21)12(18(26)30-3)15(23)13(21)19(27)31-4/h10-13H,5-9H2,1-4H3. The van der Waals surface area contributed by atoms with Gasteiger partial charge >= 0.3 is 23.9 Å². The number of hydrogen-bond acceptors (Lipinski definition) is 10. The largest absolute Gasteiger partial charge is 0.468 e. The van der Waals surface area contributed by atoms with Crippen LogP contribution in [0.25, 0.3) is 0 Å². The van der Waals surface area contributed by atoms with Crippen molar-refractivity contribution in [2.75, 3.05) is 28.4 Å². The Morgan fingerprint density at radius 2 is 0.839 bits per heavy atom. The molecule has 4 atom stereocenters. The summed E-state index contributed by atoms with van der Waals surface area (Å²) in [6.45, 7) is 0. The molecule has 0 saturated heterocycles. The summed E-state index contributed by atoms with van der Waals surface area (Å²) in [5.74, 6) is -11.9. The Hall–Kier alpha value is -2.78. The van der Waals surface area contributed by atoms with Crippen LogP contribution in [0.5, 0.6) is 0 Å². The maximum atomic E-state index is 13.6. The lowest BCUT2D eigenvalue weighted by Crippen LogP contribution is -2.51. The third-order valence-corrected chi connectivity index (χ3v) is 7.49. The van der Waals surface area contributed by atoms with E-state index in [1.54, 1.807) is 0 Å². The van der Waals surface area contributed by atoms with Gasteiger partial charge in [-0.15, -0.1) is 0 Å². The average Bonchev–Trinajstić information content (AvgIpc) is 2.98. The van der Waals surface area contributed by atoms with Crippen molar-refractivity contribution in [1.29, 1.82) is 0 Å². The minimum Gasteiger partial charge on any atom is -0.468 e. The van der Waals surface area contributed by atoms with E-state index in [9.17, 15) is 28.8 Å². The van der Waals surface area contributed by atoms with Crippen LogP contribution < -0.4 is 0 Å². The van der Waals surface area contributed by atoms with Gasteiger partial charge in [-0.05, 0) is 12.8 Å². The van der Waals surface area contributed by atoms with Crippen LogP contribution in [0.4, 0.5) is 0 Å². The van der Waals surface area contributed by atoms with Crippen LogP contribution in [0.1, 0.15) is 32.1 Å². The van der Waals surface area contributed by atoms with E-state index in [1.807, 2.05) is 0 Å². The Kier molecular flexibility index (Phi) is 5.94. The summed E-state index contributed by atoms with van der Waals surface area (Å²) >= 11 is 0.